The van der Waals surface area contributed by atoms with Crippen LogP contribution >= 0.6 is 0 Å². The van der Waals surface area contributed by atoms with Crippen molar-refractivity contribution in [2.45, 2.75) is 6.92 Å². The summed E-state index contributed by atoms with van der Waals surface area (Å²) >= 11 is 0. The number of nitrogens with two attached hydrogens (primary N) is 1. The molecule has 2 nitrogen and oxygen atoms in total. The van der Waals surface area contributed by atoms with E-state index in [2.05, 4.69) is 11.9 Å². The van der Waals surface area contributed by atoms with E-state index in [1.807, 2.05) is 32.2 Å². The lowest BCUT2D eigenvalue weighted by atomic mass is 10.0. The Morgan fingerprint density at radius 3 is 2.67 bits per heavy atom. The number of benzene rings is 1. The van der Waals surface area contributed by atoms with E-state index in [4.69, 9.17) is 5.73 Å². The molecule has 0 bridgehead atoms. The molecule has 0 aliphatic heterocycles. The standard InChI is InChI=1S/C10H14N2/c1-4-8-7(2)9(11)5-6-10(8)12-3/h4-6,12H,1,11H2,2-3H3. The summed E-state index contributed by atoms with van der Waals surface area (Å²) < 4.78 is 0. The van der Waals surface area contributed by atoms with E-state index in [1.165, 1.54) is 0 Å². The number of hydrogen-bond acceptors (Lipinski definition) is 2. The first-order valence-corrected chi connectivity index (χ1v) is 3.90. The fraction of sp³-hybridized carbons (Fsp3) is 0.200. The number of nitrogen functional groups attached to an aromatic ring is 1. The van der Waals surface area contributed by atoms with E-state index in [0.29, 0.717) is 0 Å². The normalized spacial score (nSPS) is 9.50. The van der Waals surface area contributed by atoms with E-state index >= 15 is 0 Å². The molecule has 0 fully saturated rings. The molecule has 64 valence electrons. The Labute approximate surface area is 73.1 Å². The van der Waals surface area contributed by atoms with Crippen LogP contribution in [0.2, 0.25) is 0 Å². The highest BCUT2D eigenvalue weighted by atomic mass is 14.8. The van der Waals surface area contributed by atoms with Crippen LogP contribution in [0.4, 0.5) is 11.4 Å². The third-order valence-electron chi connectivity index (χ3n) is 2.03. The van der Waals surface area contributed by atoms with E-state index in [0.717, 1.165) is 22.5 Å². The lowest BCUT2D eigenvalue weighted by molar-refractivity contribution is 1.41. The van der Waals surface area contributed by atoms with Crippen molar-refractivity contribution in [3.63, 3.8) is 0 Å². The topological polar surface area (TPSA) is 38.0 Å². The Kier molecular flexibility index (Phi) is 2.38. The second kappa shape index (κ2) is 3.30. The highest BCUT2D eigenvalue weighted by Gasteiger charge is 2.02. The summed E-state index contributed by atoms with van der Waals surface area (Å²) in [6.45, 7) is 5.74. The van der Waals surface area contributed by atoms with Gasteiger partial charge < -0.3 is 11.1 Å². The van der Waals surface area contributed by atoms with Crippen LogP contribution in [0.15, 0.2) is 18.7 Å². The molecule has 0 saturated carbocycles. The van der Waals surface area contributed by atoms with Gasteiger partial charge in [-0.3, -0.25) is 0 Å². The number of rotatable bonds is 2. The maximum absolute atomic E-state index is 5.74. The minimum atomic E-state index is 0.809. The summed E-state index contributed by atoms with van der Waals surface area (Å²) in [6.07, 6.45) is 1.82. The van der Waals surface area contributed by atoms with Gasteiger partial charge in [-0.05, 0) is 24.6 Å². The highest BCUT2D eigenvalue weighted by molar-refractivity contribution is 5.73. The fourth-order valence-corrected chi connectivity index (χ4v) is 1.23. The van der Waals surface area contributed by atoms with Crippen molar-refractivity contribution in [3.8, 4) is 0 Å². The Bertz CT molecular complexity index is 303. The summed E-state index contributed by atoms with van der Waals surface area (Å²) in [4.78, 5) is 0. The van der Waals surface area contributed by atoms with E-state index in [-0.39, 0.29) is 0 Å². The van der Waals surface area contributed by atoms with Crippen molar-refractivity contribution < 1.29 is 0 Å². The van der Waals surface area contributed by atoms with Crippen LogP contribution < -0.4 is 11.1 Å². The Balaban J connectivity index is 3.35. The quantitative estimate of drug-likeness (QED) is 0.654. The van der Waals surface area contributed by atoms with Gasteiger partial charge in [0.15, 0.2) is 0 Å². The van der Waals surface area contributed by atoms with Crippen LogP contribution in [0.1, 0.15) is 11.1 Å². The SMILES string of the molecule is C=Cc1c(NC)ccc(N)c1C. The van der Waals surface area contributed by atoms with Crippen molar-refractivity contribution in [1.29, 1.82) is 0 Å². The highest BCUT2D eigenvalue weighted by Crippen LogP contribution is 2.24. The summed E-state index contributed by atoms with van der Waals surface area (Å²) in [7, 11) is 1.89. The average molecular weight is 162 g/mol. The molecule has 1 aromatic carbocycles. The molecule has 0 unspecified atom stereocenters. The maximum atomic E-state index is 5.74. The van der Waals surface area contributed by atoms with Crippen LogP contribution in [0.25, 0.3) is 6.08 Å². The molecular weight excluding hydrogens is 148 g/mol. The van der Waals surface area contributed by atoms with Crippen LogP contribution in [-0.4, -0.2) is 7.05 Å². The van der Waals surface area contributed by atoms with Gasteiger partial charge in [0.2, 0.25) is 0 Å². The summed E-state index contributed by atoms with van der Waals surface area (Å²) in [5.74, 6) is 0. The molecule has 3 N–H and O–H groups in total. The zero-order chi connectivity index (χ0) is 9.14. The summed E-state index contributed by atoms with van der Waals surface area (Å²) in [6, 6.07) is 3.85. The molecule has 1 rings (SSSR count). The van der Waals surface area contributed by atoms with Crippen molar-refractivity contribution in [1.82, 2.24) is 0 Å². The smallest absolute Gasteiger partial charge is 0.0415 e. The van der Waals surface area contributed by atoms with Crippen LogP contribution in [0.5, 0.6) is 0 Å². The molecule has 0 atom stereocenters. The molecule has 0 spiro atoms. The van der Waals surface area contributed by atoms with Gasteiger partial charge >= 0.3 is 0 Å². The molecule has 0 radical (unpaired) electrons. The van der Waals surface area contributed by atoms with Crippen molar-refractivity contribution in [2.75, 3.05) is 18.1 Å². The van der Waals surface area contributed by atoms with Crippen LogP contribution in [0.3, 0.4) is 0 Å². The molecule has 2 heteroatoms. The predicted molar refractivity (Wildman–Crippen MR) is 55.2 cm³/mol. The monoisotopic (exact) mass is 162 g/mol. The van der Waals surface area contributed by atoms with Crippen molar-refractivity contribution >= 4 is 17.5 Å². The van der Waals surface area contributed by atoms with Gasteiger partial charge in [0.1, 0.15) is 0 Å². The second-order valence-electron chi connectivity index (χ2n) is 2.70. The molecule has 0 aliphatic rings. The Morgan fingerprint density at radius 2 is 2.17 bits per heavy atom. The van der Waals surface area contributed by atoms with E-state index in [1.54, 1.807) is 0 Å². The first-order valence-electron chi connectivity index (χ1n) is 3.90. The maximum Gasteiger partial charge on any atom is 0.0415 e. The minimum absolute atomic E-state index is 0.809. The van der Waals surface area contributed by atoms with Gasteiger partial charge in [0, 0.05) is 24.0 Å². The van der Waals surface area contributed by atoms with Gasteiger partial charge in [0.05, 0.1) is 0 Å². The molecule has 0 heterocycles. The lowest BCUT2D eigenvalue weighted by Gasteiger charge is -2.10. The lowest BCUT2D eigenvalue weighted by Crippen LogP contribution is -1.97. The molecular formula is C10H14N2. The summed E-state index contributed by atoms with van der Waals surface area (Å²) in [5.41, 5.74) is 9.78. The largest absolute Gasteiger partial charge is 0.398 e. The zero-order valence-corrected chi connectivity index (χ0v) is 7.52. The number of anilines is 2. The summed E-state index contributed by atoms with van der Waals surface area (Å²) in [5, 5.41) is 3.09. The zero-order valence-electron chi connectivity index (χ0n) is 7.52. The third kappa shape index (κ3) is 1.28. The molecule has 1 aromatic rings. The fourth-order valence-electron chi connectivity index (χ4n) is 1.23. The van der Waals surface area contributed by atoms with Crippen LogP contribution in [-0.2, 0) is 0 Å². The van der Waals surface area contributed by atoms with Crippen molar-refractivity contribution in [3.05, 3.63) is 29.8 Å². The number of nitrogens with one attached hydrogen (secondary N) is 1. The van der Waals surface area contributed by atoms with Gasteiger partial charge in [-0.25, -0.2) is 0 Å². The van der Waals surface area contributed by atoms with Gasteiger partial charge in [-0.15, -0.1) is 0 Å². The first-order chi connectivity index (χ1) is 5.70. The van der Waals surface area contributed by atoms with Gasteiger partial charge in [0.25, 0.3) is 0 Å². The van der Waals surface area contributed by atoms with Crippen LogP contribution in [0, 0.1) is 6.92 Å². The van der Waals surface area contributed by atoms with Gasteiger partial charge in [-0.2, -0.15) is 0 Å². The average Bonchev–Trinajstić information content (AvgIpc) is 2.09. The van der Waals surface area contributed by atoms with E-state index < -0.39 is 0 Å². The Morgan fingerprint density at radius 1 is 1.50 bits per heavy atom. The second-order valence-corrected chi connectivity index (χ2v) is 2.70. The predicted octanol–water partition coefficient (Wildman–Crippen LogP) is 2.26. The van der Waals surface area contributed by atoms with Crippen molar-refractivity contribution in [2.24, 2.45) is 0 Å². The first kappa shape index (κ1) is 8.65. The molecule has 0 aromatic heterocycles. The third-order valence-corrected chi connectivity index (χ3v) is 2.03. The van der Waals surface area contributed by atoms with E-state index in [9.17, 15) is 0 Å². The minimum Gasteiger partial charge on any atom is -0.398 e. The molecule has 0 saturated heterocycles. The molecule has 0 amide bonds. The van der Waals surface area contributed by atoms with Gasteiger partial charge in [-0.1, -0.05) is 12.7 Å². The Hall–Kier alpha value is -1.44. The number of hydrogen-bond donors (Lipinski definition) is 2. The molecule has 12 heavy (non-hydrogen) atoms. The molecule has 0 aliphatic carbocycles.